The molecule has 0 saturated heterocycles. The van der Waals surface area contributed by atoms with Gasteiger partial charge in [-0.2, -0.15) is 5.26 Å². The highest BCUT2D eigenvalue weighted by atomic mass is 16.1. The van der Waals surface area contributed by atoms with Crippen molar-refractivity contribution < 1.29 is 4.79 Å². The maximum atomic E-state index is 12.3. The minimum atomic E-state index is -0.264. The lowest BCUT2D eigenvalue weighted by atomic mass is 10.1. The van der Waals surface area contributed by atoms with Gasteiger partial charge in [0.15, 0.2) is 5.82 Å². The molecule has 2 heterocycles. The Morgan fingerprint density at radius 3 is 2.59 bits per heavy atom. The normalized spacial score (nSPS) is 10.6. The number of aromatic amines is 1. The lowest BCUT2D eigenvalue weighted by molar-refractivity contribution is 0.0948. The van der Waals surface area contributed by atoms with Crippen LogP contribution in [0.25, 0.3) is 16.9 Å². The summed E-state index contributed by atoms with van der Waals surface area (Å²) in [6, 6.07) is 12.2. The van der Waals surface area contributed by atoms with Crippen LogP contribution in [0.2, 0.25) is 0 Å². The fourth-order valence-corrected chi connectivity index (χ4v) is 2.50. The fraction of sp³-hybridized carbons (Fsp3) is 0.200. The Kier molecular flexibility index (Phi) is 5.18. The number of carbonyl (C=O) groups is 1. The van der Waals surface area contributed by atoms with E-state index in [1.165, 1.54) is 10.9 Å². The predicted molar refractivity (Wildman–Crippen MR) is 102 cm³/mol. The molecule has 0 saturated carbocycles. The predicted octanol–water partition coefficient (Wildman–Crippen LogP) is 2.49. The van der Waals surface area contributed by atoms with Gasteiger partial charge in [0.05, 0.1) is 22.8 Å². The second-order valence-electron chi connectivity index (χ2n) is 6.55. The molecule has 27 heavy (non-hydrogen) atoms. The molecular formula is C20H19N5O2. The number of rotatable bonds is 5. The number of nitrogens with one attached hydrogen (secondary N) is 2. The van der Waals surface area contributed by atoms with Gasteiger partial charge in [0, 0.05) is 18.9 Å². The molecule has 2 N–H and O–H groups in total. The maximum Gasteiger partial charge on any atom is 0.272 e. The highest BCUT2D eigenvalue weighted by Gasteiger charge is 2.11. The summed E-state index contributed by atoms with van der Waals surface area (Å²) in [4.78, 5) is 28.6. The Morgan fingerprint density at radius 1 is 1.26 bits per heavy atom. The number of carbonyl (C=O) groups excluding carboxylic acids is 1. The standard InChI is InChI=1S/C20H19N5O2/c1-13(2)10-23-19(26)16-7-8-18(22-11-16)25-12-17(20(27)24-25)15-5-3-14(9-21)4-6-15/h3-8,11-13H,10H2,1-2H3,(H,23,26)(H,24,27). The van der Waals surface area contributed by atoms with E-state index in [9.17, 15) is 9.59 Å². The van der Waals surface area contributed by atoms with Crippen LogP contribution in [0.3, 0.4) is 0 Å². The molecule has 0 aliphatic carbocycles. The molecule has 0 fully saturated rings. The Balaban J connectivity index is 1.82. The first-order chi connectivity index (χ1) is 13.0. The number of benzene rings is 1. The van der Waals surface area contributed by atoms with Crippen LogP contribution >= 0.6 is 0 Å². The average molecular weight is 361 g/mol. The van der Waals surface area contributed by atoms with E-state index in [-0.39, 0.29) is 11.5 Å². The zero-order valence-electron chi connectivity index (χ0n) is 15.1. The number of pyridine rings is 1. The van der Waals surface area contributed by atoms with Crippen molar-refractivity contribution in [3.8, 4) is 23.0 Å². The van der Waals surface area contributed by atoms with E-state index in [4.69, 9.17) is 5.26 Å². The fourth-order valence-electron chi connectivity index (χ4n) is 2.50. The zero-order valence-corrected chi connectivity index (χ0v) is 15.1. The topological polar surface area (TPSA) is 104 Å². The zero-order chi connectivity index (χ0) is 19.4. The number of nitrogens with zero attached hydrogens (tertiary/aromatic N) is 3. The molecule has 0 spiro atoms. The first-order valence-corrected chi connectivity index (χ1v) is 8.54. The molecule has 7 heteroatoms. The molecule has 0 unspecified atom stereocenters. The number of hydrogen-bond donors (Lipinski definition) is 2. The quantitative estimate of drug-likeness (QED) is 0.728. The van der Waals surface area contributed by atoms with Crippen LogP contribution in [-0.2, 0) is 0 Å². The largest absolute Gasteiger partial charge is 0.352 e. The number of hydrogen-bond acceptors (Lipinski definition) is 4. The van der Waals surface area contributed by atoms with Crippen molar-refractivity contribution in [1.29, 1.82) is 5.26 Å². The summed E-state index contributed by atoms with van der Waals surface area (Å²) in [6.45, 7) is 4.64. The van der Waals surface area contributed by atoms with Crippen molar-refractivity contribution in [2.75, 3.05) is 6.54 Å². The minimum absolute atomic E-state index is 0.179. The van der Waals surface area contributed by atoms with Crippen LogP contribution in [0, 0.1) is 17.2 Å². The molecule has 0 atom stereocenters. The molecule has 1 amide bonds. The highest BCUT2D eigenvalue weighted by molar-refractivity contribution is 5.93. The summed E-state index contributed by atoms with van der Waals surface area (Å²) >= 11 is 0. The van der Waals surface area contributed by atoms with Crippen LogP contribution in [0.4, 0.5) is 0 Å². The Labute approximate surface area is 156 Å². The van der Waals surface area contributed by atoms with Crippen LogP contribution in [0.15, 0.2) is 53.6 Å². The van der Waals surface area contributed by atoms with Crippen molar-refractivity contribution in [3.63, 3.8) is 0 Å². The van der Waals surface area contributed by atoms with Crippen molar-refractivity contribution in [1.82, 2.24) is 20.1 Å². The minimum Gasteiger partial charge on any atom is -0.352 e. The van der Waals surface area contributed by atoms with Gasteiger partial charge in [-0.3, -0.25) is 14.7 Å². The lowest BCUT2D eigenvalue weighted by Gasteiger charge is -2.08. The summed E-state index contributed by atoms with van der Waals surface area (Å²) in [5.74, 6) is 0.682. The molecule has 0 aliphatic rings. The van der Waals surface area contributed by atoms with E-state index in [0.29, 0.717) is 40.5 Å². The van der Waals surface area contributed by atoms with Gasteiger partial charge >= 0.3 is 0 Å². The van der Waals surface area contributed by atoms with Gasteiger partial charge < -0.3 is 5.32 Å². The smallest absolute Gasteiger partial charge is 0.272 e. The Morgan fingerprint density at radius 2 is 2.00 bits per heavy atom. The molecule has 0 bridgehead atoms. The van der Waals surface area contributed by atoms with Crippen molar-refractivity contribution >= 4 is 5.91 Å². The third-order valence-electron chi connectivity index (χ3n) is 3.98. The van der Waals surface area contributed by atoms with Crippen molar-refractivity contribution in [2.45, 2.75) is 13.8 Å². The number of nitriles is 1. The van der Waals surface area contributed by atoms with Gasteiger partial charge in [0.25, 0.3) is 11.5 Å². The first-order valence-electron chi connectivity index (χ1n) is 8.54. The van der Waals surface area contributed by atoms with Crippen molar-refractivity contribution in [2.24, 2.45) is 5.92 Å². The number of H-pyrrole nitrogens is 1. The highest BCUT2D eigenvalue weighted by Crippen LogP contribution is 2.17. The molecule has 0 radical (unpaired) electrons. The summed E-state index contributed by atoms with van der Waals surface area (Å²) < 4.78 is 1.51. The monoisotopic (exact) mass is 361 g/mol. The number of aromatic nitrogens is 3. The van der Waals surface area contributed by atoms with E-state index in [0.717, 1.165) is 0 Å². The summed E-state index contributed by atoms with van der Waals surface area (Å²) in [6.07, 6.45) is 3.12. The van der Waals surface area contributed by atoms with E-state index < -0.39 is 0 Å². The molecule has 136 valence electrons. The molecule has 3 aromatic rings. The molecule has 2 aromatic heterocycles. The van der Waals surface area contributed by atoms with Crippen LogP contribution in [-0.4, -0.2) is 27.2 Å². The van der Waals surface area contributed by atoms with Gasteiger partial charge in [-0.1, -0.05) is 26.0 Å². The molecule has 3 rings (SSSR count). The van der Waals surface area contributed by atoms with E-state index in [1.54, 1.807) is 42.6 Å². The van der Waals surface area contributed by atoms with Crippen LogP contribution in [0.5, 0.6) is 0 Å². The summed E-state index contributed by atoms with van der Waals surface area (Å²) in [5, 5.41) is 14.4. The van der Waals surface area contributed by atoms with Crippen LogP contribution < -0.4 is 10.9 Å². The van der Waals surface area contributed by atoms with Gasteiger partial charge in [-0.05, 0) is 35.7 Å². The third kappa shape index (κ3) is 4.12. The SMILES string of the molecule is CC(C)CNC(=O)c1ccc(-n2cc(-c3ccc(C#N)cc3)c(=O)[nH]2)nc1. The Bertz CT molecular complexity index is 1040. The molecule has 1 aromatic carbocycles. The molecular weight excluding hydrogens is 342 g/mol. The van der Waals surface area contributed by atoms with Gasteiger partial charge in [0.1, 0.15) is 0 Å². The van der Waals surface area contributed by atoms with E-state index >= 15 is 0 Å². The van der Waals surface area contributed by atoms with Crippen molar-refractivity contribution in [3.05, 3.63) is 70.3 Å². The first kappa shape index (κ1) is 18.1. The van der Waals surface area contributed by atoms with Gasteiger partial charge in [0.2, 0.25) is 0 Å². The average Bonchev–Trinajstić information content (AvgIpc) is 3.08. The Hall–Kier alpha value is -3.66. The third-order valence-corrected chi connectivity index (χ3v) is 3.98. The van der Waals surface area contributed by atoms with Gasteiger partial charge in [-0.25, -0.2) is 9.67 Å². The van der Waals surface area contributed by atoms with Crippen LogP contribution in [0.1, 0.15) is 29.8 Å². The summed E-state index contributed by atoms with van der Waals surface area (Å²) in [7, 11) is 0. The lowest BCUT2D eigenvalue weighted by Crippen LogP contribution is -2.27. The van der Waals surface area contributed by atoms with E-state index in [2.05, 4.69) is 15.4 Å². The summed E-state index contributed by atoms with van der Waals surface area (Å²) in [5.41, 5.74) is 1.91. The second kappa shape index (κ2) is 7.70. The van der Waals surface area contributed by atoms with E-state index in [1.807, 2.05) is 19.9 Å². The maximum absolute atomic E-state index is 12.3. The van der Waals surface area contributed by atoms with Gasteiger partial charge in [-0.15, -0.1) is 0 Å². The number of amides is 1. The molecule has 0 aliphatic heterocycles. The molecule has 7 nitrogen and oxygen atoms in total. The second-order valence-corrected chi connectivity index (χ2v) is 6.55.